The van der Waals surface area contributed by atoms with Crippen molar-refractivity contribution >= 4 is 16.0 Å². The van der Waals surface area contributed by atoms with Crippen LogP contribution in [0.15, 0.2) is 23.1 Å². The maximum absolute atomic E-state index is 14.1. The molecule has 21 heavy (non-hydrogen) atoms. The number of sulfonamides is 1. The minimum atomic E-state index is -3.89. The molecule has 0 atom stereocenters. The van der Waals surface area contributed by atoms with Crippen LogP contribution >= 0.6 is 0 Å². The Bertz CT molecular complexity index is 635. The molecule has 0 aromatic heterocycles. The summed E-state index contributed by atoms with van der Waals surface area (Å²) in [5.41, 5.74) is -0.00339. The van der Waals surface area contributed by atoms with Gasteiger partial charge in [-0.1, -0.05) is 26.8 Å². The molecule has 1 aromatic rings. The fourth-order valence-electron chi connectivity index (χ4n) is 1.82. The number of hydrogen-bond donors (Lipinski definition) is 1. The molecule has 0 aliphatic heterocycles. The van der Waals surface area contributed by atoms with Crippen LogP contribution in [0.5, 0.6) is 0 Å². The molecule has 0 aliphatic rings. The van der Waals surface area contributed by atoms with Gasteiger partial charge < -0.3 is 5.11 Å². The molecule has 0 saturated heterocycles. The number of hydrogen-bond acceptors (Lipinski definition) is 3. The Kier molecular flexibility index (Phi) is 5.11. The van der Waals surface area contributed by atoms with Crippen molar-refractivity contribution in [1.82, 2.24) is 4.31 Å². The molecular weight excluding hydrogens is 297 g/mol. The quantitative estimate of drug-likeness (QED) is 0.903. The number of nitrogens with zero attached hydrogens (tertiary/aromatic N) is 1. The predicted octanol–water partition coefficient (Wildman–Crippen LogP) is 2.22. The average molecular weight is 317 g/mol. The van der Waals surface area contributed by atoms with Gasteiger partial charge in [0.2, 0.25) is 10.0 Å². The van der Waals surface area contributed by atoms with Gasteiger partial charge in [-0.2, -0.15) is 0 Å². The molecule has 0 spiro atoms. The summed E-state index contributed by atoms with van der Waals surface area (Å²) in [4.78, 5) is 10.3. The van der Waals surface area contributed by atoms with Gasteiger partial charge in [-0.15, -0.1) is 0 Å². The van der Waals surface area contributed by atoms with E-state index in [1.165, 1.54) is 19.2 Å². The van der Waals surface area contributed by atoms with Crippen LogP contribution in [-0.2, 0) is 20.2 Å². The molecule has 0 bridgehead atoms. The molecule has 1 N–H and O–H groups in total. The molecule has 0 radical (unpaired) electrons. The zero-order chi connectivity index (χ0) is 16.4. The van der Waals surface area contributed by atoms with E-state index < -0.39 is 27.2 Å². The summed E-state index contributed by atoms with van der Waals surface area (Å²) in [5.74, 6) is -1.68. The number of carboxylic acid groups (broad SMARTS) is 1. The summed E-state index contributed by atoms with van der Waals surface area (Å²) in [6, 6.07) is 3.77. The molecule has 5 nitrogen and oxygen atoms in total. The molecule has 1 aromatic carbocycles. The summed E-state index contributed by atoms with van der Waals surface area (Å²) < 4.78 is 39.4. The zero-order valence-corrected chi connectivity index (χ0v) is 13.4. The molecule has 0 heterocycles. The predicted molar refractivity (Wildman–Crippen MR) is 77.2 cm³/mol. The first-order valence-electron chi connectivity index (χ1n) is 6.44. The maximum Gasteiger partial charge on any atom is 0.304 e. The highest BCUT2D eigenvalue weighted by Crippen LogP contribution is 2.27. The van der Waals surface area contributed by atoms with Gasteiger partial charge in [-0.3, -0.25) is 4.79 Å². The Morgan fingerprint density at radius 3 is 2.33 bits per heavy atom. The topological polar surface area (TPSA) is 74.7 Å². The summed E-state index contributed by atoms with van der Waals surface area (Å²) >= 11 is 0. The van der Waals surface area contributed by atoms with Crippen molar-refractivity contribution in [2.45, 2.75) is 37.5 Å². The van der Waals surface area contributed by atoms with Crippen molar-refractivity contribution in [3.63, 3.8) is 0 Å². The fourth-order valence-corrected chi connectivity index (χ4v) is 3.00. The van der Waals surface area contributed by atoms with Crippen molar-refractivity contribution in [2.24, 2.45) is 0 Å². The Balaban J connectivity index is 3.10. The maximum atomic E-state index is 14.1. The third-order valence-electron chi connectivity index (χ3n) is 3.10. The molecule has 0 amide bonds. The Hall–Kier alpha value is -1.47. The SMILES string of the molecule is CN(CCC(=O)O)S(=O)(=O)c1ccc(C(C)(C)C)c(F)c1. The van der Waals surface area contributed by atoms with Crippen molar-refractivity contribution in [2.75, 3.05) is 13.6 Å². The first kappa shape index (κ1) is 17.6. The molecule has 0 saturated carbocycles. The highest BCUT2D eigenvalue weighted by atomic mass is 32.2. The van der Waals surface area contributed by atoms with Gasteiger partial charge in [-0.25, -0.2) is 17.1 Å². The Morgan fingerprint density at radius 1 is 1.33 bits per heavy atom. The molecule has 0 fully saturated rings. The van der Waals surface area contributed by atoms with Crippen LogP contribution < -0.4 is 0 Å². The summed E-state index contributed by atoms with van der Waals surface area (Å²) in [5, 5.41) is 8.59. The fraction of sp³-hybridized carbons (Fsp3) is 0.500. The minimum absolute atomic E-state index is 0.166. The van der Waals surface area contributed by atoms with Crippen LogP contribution in [0.25, 0.3) is 0 Å². The van der Waals surface area contributed by atoms with Gasteiger partial charge in [0.25, 0.3) is 0 Å². The van der Waals surface area contributed by atoms with Gasteiger partial charge in [0.05, 0.1) is 11.3 Å². The van der Waals surface area contributed by atoms with Gasteiger partial charge in [0.1, 0.15) is 5.82 Å². The summed E-state index contributed by atoms with van der Waals surface area (Å²) in [6.45, 7) is 5.33. The van der Waals surface area contributed by atoms with Gasteiger partial charge in [0, 0.05) is 13.6 Å². The third-order valence-corrected chi connectivity index (χ3v) is 4.95. The van der Waals surface area contributed by atoms with Crippen molar-refractivity contribution in [3.8, 4) is 0 Å². The van der Waals surface area contributed by atoms with Crippen LogP contribution in [0.2, 0.25) is 0 Å². The second-order valence-corrected chi connectivity index (χ2v) is 7.91. The Morgan fingerprint density at radius 2 is 1.90 bits per heavy atom. The van der Waals surface area contributed by atoms with E-state index in [-0.39, 0.29) is 17.9 Å². The lowest BCUT2D eigenvalue weighted by Crippen LogP contribution is -2.29. The number of rotatable bonds is 5. The lowest BCUT2D eigenvalue weighted by Gasteiger charge is -2.21. The minimum Gasteiger partial charge on any atom is -0.481 e. The van der Waals surface area contributed by atoms with Crippen molar-refractivity contribution in [1.29, 1.82) is 0 Å². The van der Waals surface area contributed by atoms with E-state index in [4.69, 9.17) is 5.11 Å². The average Bonchev–Trinajstić information content (AvgIpc) is 2.33. The lowest BCUT2D eigenvalue weighted by atomic mass is 9.87. The first-order valence-corrected chi connectivity index (χ1v) is 7.88. The summed E-state index contributed by atoms with van der Waals surface area (Å²) in [7, 11) is -2.62. The largest absolute Gasteiger partial charge is 0.481 e. The smallest absolute Gasteiger partial charge is 0.304 e. The number of aliphatic carboxylic acids is 1. The third kappa shape index (κ3) is 4.25. The Labute approximate surface area is 124 Å². The van der Waals surface area contributed by atoms with Crippen molar-refractivity contribution < 1.29 is 22.7 Å². The van der Waals surface area contributed by atoms with E-state index in [9.17, 15) is 17.6 Å². The lowest BCUT2D eigenvalue weighted by molar-refractivity contribution is -0.137. The standard InChI is InChI=1S/C14H20FNO4S/c1-14(2,3)11-6-5-10(9-12(11)15)21(19,20)16(4)8-7-13(17)18/h5-6,9H,7-8H2,1-4H3,(H,17,18). The summed E-state index contributed by atoms with van der Waals surface area (Å²) in [6.07, 6.45) is -0.307. The van der Waals surface area contributed by atoms with Gasteiger partial charge in [0.15, 0.2) is 0 Å². The molecule has 118 valence electrons. The van der Waals surface area contributed by atoms with Gasteiger partial charge in [-0.05, 0) is 23.1 Å². The molecule has 0 aliphatic carbocycles. The van der Waals surface area contributed by atoms with E-state index in [2.05, 4.69) is 0 Å². The highest BCUT2D eigenvalue weighted by Gasteiger charge is 2.25. The van der Waals surface area contributed by atoms with E-state index >= 15 is 0 Å². The van der Waals surface area contributed by atoms with Crippen LogP contribution in [0.3, 0.4) is 0 Å². The number of halogens is 1. The van der Waals surface area contributed by atoms with Crippen LogP contribution in [-0.4, -0.2) is 37.4 Å². The molecule has 1 rings (SSSR count). The molecular formula is C14H20FNO4S. The zero-order valence-electron chi connectivity index (χ0n) is 12.6. The van der Waals surface area contributed by atoms with Crippen LogP contribution in [0, 0.1) is 5.82 Å². The highest BCUT2D eigenvalue weighted by molar-refractivity contribution is 7.89. The number of benzene rings is 1. The van der Waals surface area contributed by atoms with Crippen LogP contribution in [0.4, 0.5) is 4.39 Å². The van der Waals surface area contributed by atoms with E-state index in [1.54, 1.807) is 0 Å². The number of carbonyl (C=O) groups is 1. The van der Waals surface area contributed by atoms with Crippen LogP contribution in [0.1, 0.15) is 32.8 Å². The monoisotopic (exact) mass is 317 g/mol. The van der Waals surface area contributed by atoms with Gasteiger partial charge >= 0.3 is 5.97 Å². The molecule has 7 heteroatoms. The second-order valence-electron chi connectivity index (χ2n) is 5.86. The first-order chi connectivity index (χ1) is 9.46. The van der Waals surface area contributed by atoms with Crippen molar-refractivity contribution in [3.05, 3.63) is 29.6 Å². The normalized spacial score (nSPS) is 12.7. The molecule has 0 unspecified atom stereocenters. The second kappa shape index (κ2) is 6.11. The van der Waals surface area contributed by atoms with E-state index in [0.717, 1.165) is 10.4 Å². The van der Waals surface area contributed by atoms with E-state index in [0.29, 0.717) is 5.56 Å². The number of carboxylic acids is 1. The van der Waals surface area contributed by atoms with E-state index in [1.807, 2.05) is 20.8 Å².